The van der Waals surface area contributed by atoms with Gasteiger partial charge in [-0.25, -0.2) is 4.39 Å². The number of piperidine rings is 1. The zero-order valence-electron chi connectivity index (χ0n) is 19.4. The first-order chi connectivity index (χ1) is 15.3. The molecule has 1 aromatic carbocycles. The lowest BCUT2D eigenvalue weighted by molar-refractivity contribution is -0.180. The summed E-state index contributed by atoms with van der Waals surface area (Å²) in [6.45, 7) is 5.68. The largest absolute Gasteiger partial charge is 0.493 e. The smallest absolute Gasteiger partial charge is 0.319 e. The number of ether oxygens (including phenoxy) is 2. The number of carboxylic acids is 2. The van der Waals surface area contributed by atoms with Crippen LogP contribution in [-0.2, 0) is 14.4 Å². The van der Waals surface area contributed by atoms with Gasteiger partial charge in [0.2, 0.25) is 5.91 Å². The highest BCUT2D eigenvalue weighted by Crippen LogP contribution is 2.65. The molecule has 33 heavy (non-hydrogen) atoms. The number of nitrogens with zero attached hydrogens (tertiary/aromatic N) is 1. The zero-order valence-corrected chi connectivity index (χ0v) is 19.4. The highest BCUT2D eigenvalue weighted by molar-refractivity contribution is 6.07. The summed E-state index contributed by atoms with van der Waals surface area (Å²) in [5.74, 6) is -5.11. The van der Waals surface area contributed by atoms with E-state index in [9.17, 15) is 29.0 Å². The van der Waals surface area contributed by atoms with Crippen LogP contribution in [-0.4, -0.2) is 53.7 Å². The lowest BCUT2D eigenvalue weighted by Gasteiger charge is -2.59. The van der Waals surface area contributed by atoms with Gasteiger partial charge in [0.1, 0.15) is 11.2 Å². The lowest BCUT2D eigenvalue weighted by Crippen LogP contribution is -2.67. The predicted octanol–water partition coefficient (Wildman–Crippen LogP) is 3.59. The number of hydrogen-bond donors (Lipinski definition) is 2. The van der Waals surface area contributed by atoms with E-state index in [0.29, 0.717) is 5.75 Å². The molecule has 1 saturated heterocycles. The summed E-state index contributed by atoms with van der Waals surface area (Å²) in [6.07, 6.45) is 2.39. The Morgan fingerprint density at radius 2 is 1.70 bits per heavy atom. The molecule has 1 amide bonds. The van der Waals surface area contributed by atoms with Crippen LogP contribution in [0.25, 0.3) is 0 Å². The topological polar surface area (TPSA) is 113 Å². The molecular formula is C24H28FNO7. The van der Waals surface area contributed by atoms with Crippen LogP contribution in [0.15, 0.2) is 41.9 Å². The number of amides is 1. The van der Waals surface area contributed by atoms with Gasteiger partial charge in [0, 0.05) is 11.6 Å². The predicted molar refractivity (Wildman–Crippen MR) is 117 cm³/mol. The first-order valence-corrected chi connectivity index (χ1v) is 10.4. The van der Waals surface area contributed by atoms with Crippen LogP contribution in [0.4, 0.5) is 4.39 Å². The van der Waals surface area contributed by atoms with Crippen LogP contribution in [0.2, 0.25) is 0 Å². The number of halogens is 1. The molecular weight excluding hydrogens is 433 g/mol. The SMILES string of the molecule is COc1ccc(C2C(C)(C(=O)O)C(=O)N3CC(F)=CC=C3C2(C(=O)O)C(C)(C)C)cc1OC. The average Bonchev–Trinajstić information content (AvgIpc) is 2.74. The minimum absolute atomic E-state index is 0.0485. The third-order valence-corrected chi connectivity index (χ3v) is 6.83. The van der Waals surface area contributed by atoms with E-state index in [1.54, 1.807) is 26.8 Å². The summed E-state index contributed by atoms with van der Waals surface area (Å²) >= 11 is 0. The second kappa shape index (κ2) is 7.90. The second-order valence-corrected chi connectivity index (χ2v) is 9.47. The molecule has 1 aromatic rings. The number of rotatable bonds is 5. The van der Waals surface area contributed by atoms with E-state index in [0.717, 1.165) is 11.0 Å². The summed E-state index contributed by atoms with van der Waals surface area (Å²) in [5.41, 5.74) is -4.91. The number of aliphatic carboxylic acids is 2. The molecule has 2 N–H and O–H groups in total. The number of carboxylic acid groups (broad SMARTS) is 2. The van der Waals surface area contributed by atoms with Crippen molar-refractivity contribution >= 4 is 17.8 Å². The van der Waals surface area contributed by atoms with Gasteiger partial charge in [-0.1, -0.05) is 26.8 Å². The number of carbonyl (C=O) groups excluding carboxylic acids is 1. The molecule has 1 fully saturated rings. The summed E-state index contributed by atoms with van der Waals surface area (Å²) in [6, 6.07) is 4.58. The van der Waals surface area contributed by atoms with E-state index >= 15 is 0 Å². The van der Waals surface area contributed by atoms with Gasteiger partial charge in [-0.2, -0.15) is 0 Å². The van der Waals surface area contributed by atoms with Gasteiger partial charge in [0.15, 0.2) is 16.9 Å². The van der Waals surface area contributed by atoms with Crippen molar-refractivity contribution in [1.29, 1.82) is 0 Å². The standard InChI is InChI=1S/C24H28FNO7/c1-22(2,3)24(21(30)31)17-10-8-14(25)12-26(17)19(27)23(4,20(28)29)18(24)13-7-9-15(32-5)16(11-13)33-6/h7-11,18H,12H2,1-6H3,(H,28,29)(H,30,31). The maximum Gasteiger partial charge on any atom is 0.319 e. The molecule has 2 aliphatic rings. The maximum atomic E-state index is 14.2. The van der Waals surface area contributed by atoms with E-state index in [2.05, 4.69) is 0 Å². The van der Waals surface area contributed by atoms with Crippen molar-refractivity contribution in [2.45, 2.75) is 33.6 Å². The van der Waals surface area contributed by atoms with Crippen LogP contribution in [0, 0.1) is 16.2 Å². The number of fused-ring (bicyclic) bond motifs is 1. The number of hydrogen-bond acceptors (Lipinski definition) is 5. The minimum Gasteiger partial charge on any atom is -0.493 e. The van der Waals surface area contributed by atoms with Crippen molar-refractivity contribution in [2.24, 2.45) is 16.2 Å². The zero-order chi connectivity index (χ0) is 24.9. The van der Waals surface area contributed by atoms with Gasteiger partial charge < -0.3 is 24.6 Å². The van der Waals surface area contributed by atoms with Gasteiger partial charge >= 0.3 is 11.9 Å². The van der Waals surface area contributed by atoms with Crippen molar-refractivity contribution in [3.8, 4) is 11.5 Å². The first kappa shape index (κ1) is 24.3. The number of carbonyl (C=O) groups is 3. The molecule has 0 radical (unpaired) electrons. The summed E-state index contributed by atoms with van der Waals surface area (Å²) < 4.78 is 24.9. The quantitative estimate of drug-likeness (QED) is 0.644. The Morgan fingerprint density at radius 3 is 2.18 bits per heavy atom. The van der Waals surface area contributed by atoms with Gasteiger partial charge in [-0.15, -0.1) is 0 Å². The fourth-order valence-corrected chi connectivity index (χ4v) is 5.26. The van der Waals surface area contributed by atoms with E-state index < -0.39 is 52.4 Å². The third-order valence-electron chi connectivity index (χ3n) is 6.83. The van der Waals surface area contributed by atoms with E-state index in [4.69, 9.17) is 9.47 Å². The first-order valence-electron chi connectivity index (χ1n) is 10.4. The van der Waals surface area contributed by atoms with Crippen molar-refractivity contribution in [2.75, 3.05) is 20.8 Å². The molecule has 178 valence electrons. The molecule has 0 aliphatic carbocycles. The van der Waals surface area contributed by atoms with Crippen molar-refractivity contribution < 1.29 is 38.5 Å². The second-order valence-electron chi connectivity index (χ2n) is 9.47. The molecule has 0 spiro atoms. The van der Waals surface area contributed by atoms with E-state index in [1.165, 1.54) is 39.4 Å². The number of methoxy groups -OCH3 is 2. The van der Waals surface area contributed by atoms with Crippen molar-refractivity contribution in [1.82, 2.24) is 4.90 Å². The summed E-state index contributed by atoms with van der Waals surface area (Å²) in [7, 11) is 2.84. The maximum absolute atomic E-state index is 14.2. The van der Waals surface area contributed by atoms with Crippen LogP contribution < -0.4 is 9.47 Å². The molecule has 2 aliphatic heterocycles. The highest BCUT2D eigenvalue weighted by atomic mass is 19.1. The van der Waals surface area contributed by atoms with Crippen LogP contribution in [0.3, 0.4) is 0 Å². The van der Waals surface area contributed by atoms with Gasteiger partial charge in [-0.05, 0) is 42.2 Å². The lowest BCUT2D eigenvalue weighted by atomic mass is 9.47. The monoisotopic (exact) mass is 461 g/mol. The van der Waals surface area contributed by atoms with Crippen LogP contribution >= 0.6 is 0 Å². The summed E-state index contributed by atoms with van der Waals surface area (Å²) in [5, 5.41) is 21.1. The highest BCUT2D eigenvalue weighted by Gasteiger charge is 2.72. The fourth-order valence-electron chi connectivity index (χ4n) is 5.26. The third kappa shape index (κ3) is 3.20. The van der Waals surface area contributed by atoms with Crippen molar-refractivity contribution in [3.63, 3.8) is 0 Å². The molecule has 3 rings (SSSR count). The Kier molecular flexibility index (Phi) is 5.81. The molecule has 0 bridgehead atoms. The molecule has 2 heterocycles. The molecule has 3 atom stereocenters. The van der Waals surface area contributed by atoms with Gasteiger partial charge in [0.05, 0.1) is 20.8 Å². The van der Waals surface area contributed by atoms with E-state index in [-0.39, 0.29) is 17.0 Å². The van der Waals surface area contributed by atoms with Crippen LogP contribution in [0.5, 0.6) is 11.5 Å². The molecule has 8 nitrogen and oxygen atoms in total. The Morgan fingerprint density at radius 1 is 1.09 bits per heavy atom. The molecule has 0 saturated carbocycles. The Balaban J connectivity index is 2.52. The fraction of sp³-hybridized carbons (Fsp3) is 0.458. The average molecular weight is 461 g/mol. The van der Waals surface area contributed by atoms with Crippen LogP contribution in [0.1, 0.15) is 39.2 Å². The molecule has 0 aromatic heterocycles. The minimum atomic E-state index is -2.22. The molecule has 9 heteroatoms. The normalized spacial score (nSPS) is 27.3. The number of allylic oxidation sites excluding steroid dienone is 2. The Labute approximate surface area is 191 Å². The number of benzene rings is 1. The Bertz CT molecular complexity index is 1090. The van der Waals surface area contributed by atoms with E-state index in [1.807, 2.05) is 0 Å². The van der Waals surface area contributed by atoms with Gasteiger partial charge in [-0.3, -0.25) is 14.4 Å². The molecule has 3 unspecified atom stereocenters. The Hall–Kier alpha value is -3.36. The van der Waals surface area contributed by atoms with Crippen molar-refractivity contribution in [3.05, 3.63) is 47.4 Å². The van der Waals surface area contributed by atoms with Gasteiger partial charge in [0.25, 0.3) is 0 Å². The summed E-state index contributed by atoms with van der Waals surface area (Å²) in [4.78, 5) is 40.5.